The Morgan fingerprint density at radius 1 is 1.02 bits per heavy atom. The summed E-state index contributed by atoms with van der Waals surface area (Å²) in [4.78, 5) is 45.1. The first kappa shape index (κ1) is 31.5. The zero-order valence-electron chi connectivity index (χ0n) is 24.6. The summed E-state index contributed by atoms with van der Waals surface area (Å²) in [5.74, 6) is -0.190. The van der Waals surface area contributed by atoms with Gasteiger partial charge in [-0.25, -0.2) is 14.4 Å². The minimum Gasteiger partial charge on any atom is -0.467 e. The molecule has 0 radical (unpaired) electrons. The number of carbonyl (C=O) groups excluding carboxylic acids is 2. The monoisotopic (exact) mass is 606 g/mol. The summed E-state index contributed by atoms with van der Waals surface area (Å²) in [6, 6.07) is 14.0. The van der Waals surface area contributed by atoms with Gasteiger partial charge in [0.25, 0.3) is 0 Å². The highest BCUT2D eigenvalue weighted by Crippen LogP contribution is 2.21. The second kappa shape index (κ2) is 14.1. The van der Waals surface area contributed by atoms with E-state index in [-0.39, 0.29) is 29.7 Å². The van der Waals surface area contributed by atoms with Crippen LogP contribution in [0, 0.1) is 6.57 Å². The molecule has 43 heavy (non-hydrogen) atoms. The van der Waals surface area contributed by atoms with Gasteiger partial charge in [-0.05, 0) is 55.6 Å². The molecule has 2 N–H and O–H groups in total. The quantitative estimate of drug-likeness (QED) is 0.252. The van der Waals surface area contributed by atoms with Gasteiger partial charge in [0.05, 0.1) is 13.7 Å². The summed E-state index contributed by atoms with van der Waals surface area (Å²) in [7, 11) is 1.31. The van der Waals surface area contributed by atoms with Gasteiger partial charge in [-0.3, -0.25) is 4.90 Å². The van der Waals surface area contributed by atoms with Gasteiger partial charge in [-0.1, -0.05) is 36.4 Å². The Morgan fingerprint density at radius 2 is 1.72 bits per heavy atom. The number of anilines is 3. The fourth-order valence-electron chi connectivity index (χ4n) is 4.45. The van der Waals surface area contributed by atoms with E-state index in [0.29, 0.717) is 25.3 Å². The normalized spacial score (nSPS) is 14.4. The number of nitrogens with one attached hydrogen (secondary N) is 2. The van der Waals surface area contributed by atoms with Crippen LogP contribution in [0.4, 0.5) is 28.1 Å². The van der Waals surface area contributed by atoms with Crippen LogP contribution in [-0.4, -0.2) is 81.7 Å². The molecule has 0 bridgehead atoms. The van der Waals surface area contributed by atoms with Crippen LogP contribution in [-0.2, 0) is 27.2 Å². The number of aromatic nitrogens is 3. The molecule has 1 aliphatic heterocycles. The van der Waals surface area contributed by atoms with Crippen molar-refractivity contribution in [3.05, 3.63) is 76.4 Å². The maximum absolute atomic E-state index is 12.5. The summed E-state index contributed by atoms with van der Waals surface area (Å²) in [5.41, 5.74) is 2.65. The Kier molecular flexibility index (Phi) is 10.3. The number of ether oxygens (including phenoxy) is 2. The third-order valence-corrected chi connectivity index (χ3v) is 6.68. The number of amides is 1. The number of esters is 1. The predicted octanol–water partition coefficient (Wildman–Crippen LogP) is 5.07. The van der Waals surface area contributed by atoms with Crippen molar-refractivity contribution >= 4 is 46.9 Å². The molecule has 4 rings (SSSR count). The van der Waals surface area contributed by atoms with Gasteiger partial charge in [-0.2, -0.15) is 15.0 Å². The molecular weight excluding hydrogens is 572 g/mol. The van der Waals surface area contributed by atoms with Crippen molar-refractivity contribution in [2.24, 2.45) is 0 Å². The number of hydrogen-bond acceptors (Lipinski definition) is 10. The molecule has 12 nitrogen and oxygen atoms in total. The largest absolute Gasteiger partial charge is 0.467 e. The van der Waals surface area contributed by atoms with Crippen LogP contribution in [0.1, 0.15) is 31.9 Å². The highest BCUT2D eigenvalue weighted by Gasteiger charge is 2.26. The summed E-state index contributed by atoms with van der Waals surface area (Å²) >= 11 is 6.21. The van der Waals surface area contributed by atoms with Crippen molar-refractivity contribution in [1.82, 2.24) is 24.8 Å². The number of rotatable bonds is 9. The standard InChI is InChI=1S/C30H35ClN8O4/c1-30(2,3)43-29(41)39-15-13-38(14-16-39)19-21-7-6-8-23(17-21)33-27-35-26(31)36-28(37-27)34-24(25(40)42-5)18-20-9-11-22(32-4)12-10-20/h6-12,17,24H,13-16,18-19H2,1-3,5H3,(H2,33,34,35,36,37)/t24-/m0/s1. The molecule has 0 unspecified atom stereocenters. The van der Waals surface area contributed by atoms with E-state index in [4.69, 9.17) is 27.6 Å². The first-order valence-electron chi connectivity index (χ1n) is 13.8. The zero-order valence-corrected chi connectivity index (χ0v) is 25.4. The number of halogens is 1. The molecule has 13 heteroatoms. The maximum atomic E-state index is 12.5. The lowest BCUT2D eigenvalue weighted by atomic mass is 10.1. The average molecular weight is 607 g/mol. The molecule has 1 saturated heterocycles. The highest BCUT2D eigenvalue weighted by molar-refractivity contribution is 6.28. The van der Waals surface area contributed by atoms with Gasteiger partial charge in [0, 0.05) is 44.8 Å². The summed E-state index contributed by atoms with van der Waals surface area (Å²) < 4.78 is 10.5. The van der Waals surface area contributed by atoms with Crippen LogP contribution in [0.25, 0.3) is 4.85 Å². The molecular formula is C30H35ClN8O4. The number of hydrogen-bond donors (Lipinski definition) is 2. The number of benzene rings is 2. The van der Waals surface area contributed by atoms with Crippen molar-refractivity contribution < 1.29 is 19.1 Å². The van der Waals surface area contributed by atoms with E-state index in [1.807, 2.05) is 45.0 Å². The predicted molar refractivity (Wildman–Crippen MR) is 163 cm³/mol. The van der Waals surface area contributed by atoms with E-state index in [0.717, 1.165) is 29.9 Å². The Morgan fingerprint density at radius 3 is 2.37 bits per heavy atom. The van der Waals surface area contributed by atoms with Crippen LogP contribution in [0.2, 0.25) is 5.28 Å². The smallest absolute Gasteiger partial charge is 0.410 e. The molecule has 1 atom stereocenters. The second-order valence-electron chi connectivity index (χ2n) is 11.0. The van der Waals surface area contributed by atoms with E-state index < -0.39 is 17.6 Å². The molecule has 1 aliphatic rings. The summed E-state index contributed by atoms with van der Waals surface area (Å²) in [6.45, 7) is 16.1. The van der Waals surface area contributed by atoms with Crippen molar-refractivity contribution in [3.63, 3.8) is 0 Å². The first-order valence-corrected chi connectivity index (χ1v) is 14.2. The fraction of sp³-hybridized carbons (Fsp3) is 0.400. The Hall–Kier alpha value is -4.47. The van der Waals surface area contributed by atoms with Gasteiger partial charge < -0.3 is 25.0 Å². The number of nitrogens with zero attached hydrogens (tertiary/aromatic N) is 6. The zero-order chi connectivity index (χ0) is 31.0. The number of methoxy groups -OCH3 is 1. The third kappa shape index (κ3) is 9.52. The van der Waals surface area contributed by atoms with Crippen LogP contribution in [0.5, 0.6) is 0 Å². The van der Waals surface area contributed by atoms with Crippen molar-refractivity contribution in [3.8, 4) is 0 Å². The minimum absolute atomic E-state index is 0.0518. The summed E-state index contributed by atoms with van der Waals surface area (Å²) in [6.07, 6.45) is 0.00171. The molecule has 0 aliphatic carbocycles. The minimum atomic E-state index is -0.797. The van der Waals surface area contributed by atoms with E-state index in [1.165, 1.54) is 7.11 Å². The van der Waals surface area contributed by atoms with E-state index >= 15 is 0 Å². The average Bonchev–Trinajstić information content (AvgIpc) is 2.96. The Labute approximate surface area is 256 Å². The van der Waals surface area contributed by atoms with Crippen molar-refractivity contribution in [1.29, 1.82) is 0 Å². The van der Waals surface area contributed by atoms with E-state index in [1.54, 1.807) is 29.2 Å². The first-order chi connectivity index (χ1) is 20.5. The van der Waals surface area contributed by atoms with E-state index in [2.05, 4.69) is 35.3 Å². The van der Waals surface area contributed by atoms with Crippen molar-refractivity contribution in [2.75, 3.05) is 43.9 Å². The van der Waals surface area contributed by atoms with Gasteiger partial charge in [0.1, 0.15) is 11.6 Å². The topological polar surface area (TPSA) is 126 Å². The molecule has 2 aromatic carbocycles. The fourth-order valence-corrected chi connectivity index (χ4v) is 4.61. The summed E-state index contributed by atoms with van der Waals surface area (Å²) in [5, 5.41) is 6.11. The molecule has 1 aromatic heterocycles. The van der Waals surface area contributed by atoms with Gasteiger partial charge >= 0.3 is 12.1 Å². The van der Waals surface area contributed by atoms with Gasteiger partial charge in [-0.15, -0.1) is 0 Å². The maximum Gasteiger partial charge on any atom is 0.410 e. The highest BCUT2D eigenvalue weighted by atomic mass is 35.5. The lowest BCUT2D eigenvalue weighted by molar-refractivity contribution is -0.141. The molecule has 3 aromatic rings. The molecule has 1 fully saturated rings. The number of piperazine rings is 1. The Bertz CT molecular complexity index is 1460. The molecule has 2 heterocycles. The van der Waals surface area contributed by atoms with Crippen LogP contribution in [0.3, 0.4) is 0 Å². The van der Waals surface area contributed by atoms with Crippen LogP contribution >= 0.6 is 11.6 Å². The molecule has 1 amide bonds. The molecule has 226 valence electrons. The lowest BCUT2D eigenvalue weighted by Crippen LogP contribution is -2.49. The van der Waals surface area contributed by atoms with Gasteiger partial charge in [0.15, 0.2) is 5.69 Å². The van der Waals surface area contributed by atoms with Crippen LogP contribution < -0.4 is 10.6 Å². The number of carbonyl (C=O) groups is 2. The van der Waals surface area contributed by atoms with Crippen LogP contribution in [0.15, 0.2) is 48.5 Å². The van der Waals surface area contributed by atoms with Gasteiger partial charge in [0.2, 0.25) is 17.2 Å². The van der Waals surface area contributed by atoms with Crippen molar-refractivity contribution in [2.45, 2.75) is 45.4 Å². The molecule has 0 saturated carbocycles. The second-order valence-corrected chi connectivity index (χ2v) is 11.4. The SMILES string of the molecule is [C-]#[N+]c1ccc(C[C@H](Nc2nc(Cl)nc(Nc3cccc(CN4CCN(C(=O)OC(C)(C)C)CC4)c3)n2)C(=O)OC)cc1. The third-order valence-electron chi connectivity index (χ3n) is 6.52. The molecule has 0 spiro atoms. The Balaban J connectivity index is 1.38. The van der Waals surface area contributed by atoms with E-state index in [9.17, 15) is 9.59 Å². The lowest BCUT2D eigenvalue weighted by Gasteiger charge is -2.35.